The van der Waals surface area contributed by atoms with Gasteiger partial charge in [-0.25, -0.2) is 9.59 Å². The lowest BCUT2D eigenvalue weighted by molar-refractivity contribution is -0.147. The zero-order chi connectivity index (χ0) is 18.2. The van der Waals surface area contributed by atoms with Crippen LogP contribution in [0.5, 0.6) is 0 Å². The van der Waals surface area contributed by atoms with E-state index in [4.69, 9.17) is 9.47 Å². The van der Waals surface area contributed by atoms with E-state index in [1.54, 1.807) is 20.8 Å². The summed E-state index contributed by atoms with van der Waals surface area (Å²) in [6, 6.07) is 8.57. The lowest BCUT2D eigenvalue weighted by Gasteiger charge is -2.23. The van der Waals surface area contributed by atoms with Gasteiger partial charge in [-0.05, 0) is 39.2 Å². The molecule has 0 saturated heterocycles. The summed E-state index contributed by atoms with van der Waals surface area (Å²) in [6.07, 6.45) is 0.398. The first kappa shape index (κ1) is 19.7. The summed E-state index contributed by atoms with van der Waals surface area (Å²) in [5, 5.41) is 2.58. The predicted molar refractivity (Wildman–Crippen MR) is 93.4 cm³/mol. The highest BCUT2D eigenvalue weighted by Crippen LogP contribution is 2.12. The largest absolute Gasteiger partial charge is 0.459 e. The standard InChI is InChI=1S/C19H27NO4/c1-6-14(2)12-16(20-18(22)24-19(3,4)5)17(21)23-13-15-10-8-7-9-11-15/h7-11,16H,2,6,12-13H2,1,3-5H3,(H,20,22). The summed E-state index contributed by atoms with van der Waals surface area (Å²) in [6.45, 7) is 11.3. The molecule has 0 aliphatic heterocycles. The fraction of sp³-hybridized carbons (Fsp3) is 0.474. The van der Waals surface area contributed by atoms with Crippen molar-refractivity contribution in [3.63, 3.8) is 0 Å². The van der Waals surface area contributed by atoms with Gasteiger partial charge in [-0.15, -0.1) is 0 Å². The van der Waals surface area contributed by atoms with Crippen molar-refractivity contribution in [2.24, 2.45) is 0 Å². The number of hydrogen-bond acceptors (Lipinski definition) is 4. The Morgan fingerprint density at radius 1 is 1.21 bits per heavy atom. The number of alkyl carbamates (subject to hydrolysis) is 1. The van der Waals surface area contributed by atoms with E-state index >= 15 is 0 Å². The van der Waals surface area contributed by atoms with E-state index in [1.807, 2.05) is 37.3 Å². The van der Waals surface area contributed by atoms with E-state index in [1.165, 1.54) is 0 Å². The first-order valence-electron chi connectivity index (χ1n) is 8.08. The first-order valence-corrected chi connectivity index (χ1v) is 8.08. The van der Waals surface area contributed by atoms with Crippen molar-refractivity contribution in [1.82, 2.24) is 5.32 Å². The van der Waals surface area contributed by atoms with Crippen LogP contribution < -0.4 is 5.32 Å². The number of hydrogen-bond donors (Lipinski definition) is 1. The lowest BCUT2D eigenvalue weighted by Crippen LogP contribution is -2.44. The molecule has 1 aromatic carbocycles. The maximum absolute atomic E-state index is 12.3. The third kappa shape index (κ3) is 7.81. The minimum absolute atomic E-state index is 0.158. The number of benzene rings is 1. The van der Waals surface area contributed by atoms with Crippen molar-refractivity contribution in [3.05, 3.63) is 48.0 Å². The molecule has 5 nitrogen and oxygen atoms in total. The average molecular weight is 333 g/mol. The predicted octanol–water partition coefficient (Wildman–Crippen LogP) is 3.98. The minimum atomic E-state index is -0.809. The highest BCUT2D eigenvalue weighted by Gasteiger charge is 2.26. The van der Waals surface area contributed by atoms with Crippen LogP contribution >= 0.6 is 0 Å². The maximum Gasteiger partial charge on any atom is 0.408 e. The summed E-state index contributed by atoms with van der Waals surface area (Å²) >= 11 is 0. The van der Waals surface area contributed by atoms with E-state index in [0.717, 1.165) is 17.6 Å². The highest BCUT2D eigenvalue weighted by atomic mass is 16.6. The molecule has 0 aromatic heterocycles. The molecule has 1 aromatic rings. The van der Waals surface area contributed by atoms with Crippen molar-refractivity contribution >= 4 is 12.1 Å². The molecule has 24 heavy (non-hydrogen) atoms. The Labute approximate surface area is 144 Å². The van der Waals surface area contributed by atoms with Crippen molar-refractivity contribution in [1.29, 1.82) is 0 Å². The lowest BCUT2D eigenvalue weighted by atomic mass is 10.1. The molecule has 1 unspecified atom stereocenters. The van der Waals surface area contributed by atoms with Crippen LogP contribution in [-0.4, -0.2) is 23.7 Å². The molecule has 1 rings (SSSR count). The molecule has 1 N–H and O–H groups in total. The molecule has 1 amide bonds. The van der Waals surface area contributed by atoms with Gasteiger partial charge in [-0.2, -0.15) is 0 Å². The number of carbonyl (C=O) groups excluding carboxylic acids is 2. The fourth-order valence-electron chi connectivity index (χ4n) is 1.91. The molecule has 5 heteroatoms. The number of esters is 1. The smallest absolute Gasteiger partial charge is 0.408 e. The Kier molecular flexibility index (Phi) is 7.49. The number of nitrogens with one attached hydrogen (secondary N) is 1. The topological polar surface area (TPSA) is 64.6 Å². The van der Waals surface area contributed by atoms with Gasteiger partial charge in [0.1, 0.15) is 18.2 Å². The summed E-state index contributed by atoms with van der Waals surface area (Å²) in [7, 11) is 0. The minimum Gasteiger partial charge on any atom is -0.459 e. The summed E-state index contributed by atoms with van der Waals surface area (Å²) in [4.78, 5) is 24.3. The molecular weight excluding hydrogens is 306 g/mol. The second kappa shape index (κ2) is 9.11. The second-order valence-electron chi connectivity index (χ2n) is 6.60. The molecule has 0 fully saturated rings. The molecular formula is C19H27NO4. The third-order valence-electron chi connectivity index (χ3n) is 3.19. The number of carbonyl (C=O) groups is 2. The van der Waals surface area contributed by atoms with Gasteiger partial charge < -0.3 is 14.8 Å². The maximum atomic E-state index is 12.3. The highest BCUT2D eigenvalue weighted by molar-refractivity contribution is 5.81. The third-order valence-corrected chi connectivity index (χ3v) is 3.19. The van der Waals surface area contributed by atoms with E-state index in [0.29, 0.717) is 6.42 Å². The fourth-order valence-corrected chi connectivity index (χ4v) is 1.91. The van der Waals surface area contributed by atoms with E-state index in [-0.39, 0.29) is 6.61 Å². The van der Waals surface area contributed by atoms with E-state index in [2.05, 4.69) is 11.9 Å². The second-order valence-corrected chi connectivity index (χ2v) is 6.60. The molecule has 0 spiro atoms. The summed E-state index contributed by atoms with van der Waals surface area (Å²) in [5.41, 5.74) is 1.11. The number of rotatable bonds is 7. The van der Waals surface area contributed by atoms with Gasteiger partial charge in [0.05, 0.1) is 0 Å². The van der Waals surface area contributed by atoms with Gasteiger partial charge in [-0.3, -0.25) is 0 Å². The Morgan fingerprint density at radius 2 is 1.83 bits per heavy atom. The van der Waals surface area contributed by atoms with Crippen molar-refractivity contribution in [3.8, 4) is 0 Å². The zero-order valence-corrected chi connectivity index (χ0v) is 14.9. The van der Waals surface area contributed by atoms with Crippen molar-refractivity contribution in [2.45, 2.75) is 58.8 Å². The summed E-state index contributed by atoms with van der Waals surface area (Å²) < 4.78 is 10.5. The molecule has 0 heterocycles. The van der Waals surface area contributed by atoms with Crippen LogP contribution in [0.3, 0.4) is 0 Å². The van der Waals surface area contributed by atoms with Gasteiger partial charge in [0.2, 0.25) is 0 Å². The van der Waals surface area contributed by atoms with Crippen LogP contribution in [0.25, 0.3) is 0 Å². The molecule has 1 atom stereocenters. The molecule has 0 radical (unpaired) electrons. The Hall–Kier alpha value is -2.30. The Bertz CT molecular complexity index is 560. The van der Waals surface area contributed by atoms with Crippen LogP contribution in [0.2, 0.25) is 0 Å². The molecule has 0 saturated carbocycles. The molecule has 132 valence electrons. The van der Waals surface area contributed by atoms with Crippen LogP contribution in [0.4, 0.5) is 4.79 Å². The number of ether oxygens (including phenoxy) is 2. The SMILES string of the molecule is C=C(CC)CC(NC(=O)OC(C)(C)C)C(=O)OCc1ccccc1. The van der Waals surface area contributed by atoms with Crippen LogP contribution in [0.1, 0.15) is 46.1 Å². The van der Waals surface area contributed by atoms with Crippen molar-refractivity contribution in [2.75, 3.05) is 0 Å². The molecule has 0 aliphatic carbocycles. The van der Waals surface area contributed by atoms with Gasteiger partial charge in [0, 0.05) is 0 Å². The number of amides is 1. The van der Waals surface area contributed by atoms with Crippen molar-refractivity contribution < 1.29 is 19.1 Å². The van der Waals surface area contributed by atoms with Crippen LogP contribution in [0, 0.1) is 0 Å². The zero-order valence-electron chi connectivity index (χ0n) is 14.9. The van der Waals surface area contributed by atoms with Crippen LogP contribution in [-0.2, 0) is 20.9 Å². The van der Waals surface area contributed by atoms with Gasteiger partial charge >= 0.3 is 12.1 Å². The normalized spacial score (nSPS) is 12.2. The average Bonchev–Trinajstić information content (AvgIpc) is 2.51. The van der Waals surface area contributed by atoms with Gasteiger partial charge in [0.15, 0.2) is 0 Å². The quantitative estimate of drug-likeness (QED) is 0.605. The Morgan fingerprint density at radius 3 is 2.38 bits per heavy atom. The van der Waals surface area contributed by atoms with Gasteiger partial charge in [-0.1, -0.05) is 49.4 Å². The monoisotopic (exact) mass is 333 g/mol. The van der Waals surface area contributed by atoms with Gasteiger partial charge in [0.25, 0.3) is 0 Å². The van der Waals surface area contributed by atoms with Crippen LogP contribution in [0.15, 0.2) is 42.5 Å². The molecule has 0 bridgehead atoms. The van der Waals surface area contributed by atoms with E-state index in [9.17, 15) is 9.59 Å². The first-order chi connectivity index (χ1) is 11.2. The molecule has 0 aliphatic rings. The van der Waals surface area contributed by atoms with E-state index < -0.39 is 23.7 Å². The Balaban J connectivity index is 2.67. The summed E-state index contributed by atoms with van der Waals surface area (Å²) in [5.74, 6) is -0.501.